The van der Waals surface area contributed by atoms with E-state index in [0.717, 1.165) is 33.4 Å². The summed E-state index contributed by atoms with van der Waals surface area (Å²) in [4.78, 5) is 17.8. The fourth-order valence-corrected chi connectivity index (χ4v) is 4.13. The van der Waals surface area contributed by atoms with Gasteiger partial charge in [0.1, 0.15) is 5.65 Å². The number of fused-ring (bicyclic) bond motifs is 1. The second kappa shape index (κ2) is 8.97. The van der Waals surface area contributed by atoms with Crippen LogP contribution in [0.1, 0.15) is 49.4 Å². The number of ether oxygens (including phenoxy) is 2. The molecule has 0 aliphatic rings. The molecule has 32 heavy (non-hydrogen) atoms. The predicted molar refractivity (Wildman–Crippen MR) is 129 cm³/mol. The molecule has 0 saturated heterocycles. The van der Waals surface area contributed by atoms with Crippen LogP contribution in [0.4, 0.5) is 0 Å². The molecule has 168 valence electrons. The summed E-state index contributed by atoms with van der Waals surface area (Å²) in [7, 11) is 1.36. The monoisotopic (exact) mass is 452 g/mol. The van der Waals surface area contributed by atoms with E-state index in [1.54, 1.807) is 0 Å². The van der Waals surface area contributed by atoms with E-state index in [1.165, 1.54) is 7.11 Å². The van der Waals surface area contributed by atoms with Gasteiger partial charge in [0, 0.05) is 32.9 Å². The van der Waals surface area contributed by atoms with Gasteiger partial charge in [-0.1, -0.05) is 29.7 Å². The summed E-state index contributed by atoms with van der Waals surface area (Å²) in [5, 5.41) is 1.57. The van der Waals surface area contributed by atoms with Crippen LogP contribution in [-0.2, 0) is 20.8 Å². The molecular formula is C26H29ClN2O3. The third-order valence-electron chi connectivity index (χ3n) is 5.52. The molecule has 0 N–H and O–H groups in total. The summed E-state index contributed by atoms with van der Waals surface area (Å²) >= 11 is 6.18. The van der Waals surface area contributed by atoms with Crippen LogP contribution < -0.4 is 0 Å². The maximum Gasteiger partial charge on any atom is 0.339 e. The number of carbonyl (C=O) groups is 1. The molecule has 0 bridgehead atoms. The van der Waals surface area contributed by atoms with Crippen LogP contribution in [0, 0.1) is 33.1 Å². The van der Waals surface area contributed by atoms with E-state index in [1.807, 2.05) is 70.4 Å². The SMILES string of the molecule is C#CCn1c(C)c(C)c2c(-c3ccc(Cl)cc3)c(C(OC(C)(C)C)C(=O)OC)c(C)nc21. The predicted octanol–water partition coefficient (Wildman–Crippen LogP) is 5.94. The highest BCUT2D eigenvalue weighted by atomic mass is 35.5. The summed E-state index contributed by atoms with van der Waals surface area (Å²) in [6.07, 6.45) is 4.70. The molecule has 1 aromatic carbocycles. The lowest BCUT2D eigenvalue weighted by molar-refractivity contribution is -0.164. The summed E-state index contributed by atoms with van der Waals surface area (Å²) in [5.74, 6) is 2.24. The van der Waals surface area contributed by atoms with Crippen molar-refractivity contribution in [3.8, 4) is 23.5 Å². The average molecular weight is 453 g/mol. The molecule has 1 atom stereocenters. The minimum atomic E-state index is -0.946. The third kappa shape index (κ3) is 4.39. The first-order chi connectivity index (χ1) is 15.0. The second-order valence-corrected chi connectivity index (χ2v) is 9.26. The zero-order chi connectivity index (χ0) is 23.8. The molecule has 0 saturated carbocycles. The minimum absolute atomic E-state index is 0.404. The number of terminal acetylenes is 1. The van der Waals surface area contributed by atoms with Crippen molar-refractivity contribution in [1.29, 1.82) is 0 Å². The Morgan fingerprint density at radius 1 is 1.22 bits per heavy atom. The summed E-state index contributed by atoms with van der Waals surface area (Å²) in [6, 6.07) is 7.55. The zero-order valence-corrected chi connectivity index (χ0v) is 20.4. The first-order valence-corrected chi connectivity index (χ1v) is 10.8. The van der Waals surface area contributed by atoms with Crippen molar-refractivity contribution in [2.24, 2.45) is 0 Å². The Morgan fingerprint density at radius 3 is 2.38 bits per heavy atom. The molecule has 0 amide bonds. The van der Waals surface area contributed by atoms with Gasteiger partial charge in [-0.25, -0.2) is 9.78 Å². The largest absolute Gasteiger partial charge is 0.467 e. The van der Waals surface area contributed by atoms with Crippen LogP contribution in [0.3, 0.4) is 0 Å². The maximum atomic E-state index is 12.9. The summed E-state index contributed by atoms with van der Waals surface area (Å²) in [6.45, 7) is 12.1. The van der Waals surface area contributed by atoms with Crippen molar-refractivity contribution in [3.05, 3.63) is 51.8 Å². The number of carbonyl (C=O) groups excluding carboxylic acids is 1. The van der Waals surface area contributed by atoms with Crippen LogP contribution in [0.5, 0.6) is 0 Å². The number of hydrogen-bond donors (Lipinski definition) is 0. The van der Waals surface area contributed by atoms with Crippen molar-refractivity contribution in [2.75, 3.05) is 7.11 Å². The molecule has 2 heterocycles. The minimum Gasteiger partial charge on any atom is -0.467 e. The lowest BCUT2D eigenvalue weighted by Crippen LogP contribution is -2.29. The van der Waals surface area contributed by atoms with Crippen molar-refractivity contribution in [2.45, 2.75) is 59.8 Å². The van der Waals surface area contributed by atoms with Crippen LogP contribution in [0.25, 0.3) is 22.2 Å². The van der Waals surface area contributed by atoms with Gasteiger partial charge in [-0.15, -0.1) is 6.42 Å². The summed E-state index contributed by atoms with van der Waals surface area (Å²) in [5.41, 5.74) is 5.42. The van der Waals surface area contributed by atoms with Gasteiger partial charge in [0.05, 0.1) is 19.3 Å². The molecule has 0 radical (unpaired) electrons. The molecule has 3 rings (SSSR count). The third-order valence-corrected chi connectivity index (χ3v) is 5.77. The maximum absolute atomic E-state index is 12.9. The highest BCUT2D eigenvalue weighted by Crippen LogP contribution is 2.42. The van der Waals surface area contributed by atoms with Crippen LogP contribution in [-0.4, -0.2) is 28.2 Å². The van der Waals surface area contributed by atoms with E-state index in [4.69, 9.17) is 32.5 Å². The van der Waals surface area contributed by atoms with Gasteiger partial charge in [-0.3, -0.25) is 0 Å². The number of hydrogen-bond acceptors (Lipinski definition) is 4. The number of aromatic nitrogens is 2. The Bertz CT molecular complexity index is 1210. The molecule has 0 aliphatic heterocycles. The Labute approximate surface area is 194 Å². The van der Waals surface area contributed by atoms with Gasteiger partial charge < -0.3 is 14.0 Å². The van der Waals surface area contributed by atoms with E-state index in [0.29, 0.717) is 22.8 Å². The number of benzene rings is 1. The Hall–Kier alpha value is -2.81. The van der Waals surface area contributed by atoms with Crippen molar-refractivity contribution in [3.63, 3.8) is 0 Å². The Balaban J connectivity index is 2.50. The fourth-order valence-electron chi connectivity index (χ4n) is 4.00. The number of halogens is 1. The lowest BCUT2D eigenvalue weighted by Gasteiger charge is -2.28. The molecule has 0 spiro atoms. The lowest BCUT2D eigenvalue weighted by atomic mass is 9.91. The Morgan fingerprint density at radius 2 is 1.84 bits per heavy atom. The number of methoxy groups -OCH3 is 1. The number of pyridine rings is 1. The molecule has 0 aliphatic carbocycles. The number of nitrogens with zero attached hydrogens (tertiary/aromatic N) is 2. The smallest absolute Gasteiger partial charge is 0.339 e. The van der Waals surface area contributed by atoms with Crippen molar-refractivity contribution >= 4 is 28.6 Å². The fraction of sp³-hybridized carbons (Fsp3) is 0.385. The van der Waals surface area contributed by atoms with Crippen LogP contribution >= 0.6 is 11.6 Å². The van der Waals surface area contributed by atoms with Crippen LogP contribution in [0.2, 0.25) is 5.02 Å². The van der Waals surface area contributed by atoms with Crippen LogP contribution in [0.15, 0.2) is 24.3 Å². The van der Waals surface area contributed by atoms with E-state index in [9.17, 15) is 4.79 Å². The van der Waals surface area contributed by atoms with E-state index in [2.05, 4.69) is 5.92 Å². The van der Waals surface area contributed by atoms with Crippen molar-refractivity contribution < 1.29 is 14.3 Å². The normalized spacial score (nSPS) is 12.6. The highest BCUT2D eigenvalue weighted by molar-refractivity contribution is 6.30. The quantitative estimate of drug-likeness (QED) is 0.355. The molecular weight excluding hydrogens is 424 g/mol. The molecule has 2 aromatic heterocycles. The zero-order valence-electron chi connectivity index (χ0n) is 19.7. The molecule has 3 aromatic rings. The molecule has 0 fully saturated rings. The summed E-state index contributed by atoms with van der Waals surface area (Å²) < 4.78 is 13.4. The van der Waals surface area contributed by atoms with Gasteiger partial charge in [-0.2, -0.15) is 0 Å². The number of rotatable bonds is 5. The van der Waals surface area contributed by atoms with Crippen molar-refractivity contribution in [1.82, 2.24) is 9.55 Å². The standard InChI is InChI=1S/C26H29ClN2O3/c1-9-14-29-17(4)15(2)20-22(18-10-12-19(27)13-11-18)21(16(3)28-24(20)29)23(25(30)31-8)32-26(5,6)7/h1,10-13,23H,14H2,2-8H3. The van der Waals surface area contributed by atoms with E-state index >= 15 is 0 Å². The molecule has 5 nitrogen and oxygen atoms in total. The number of esters is 1. The topological polar surface area (TPSA) is 53.4 Å². The Kier molecular flexibility index (Phi) is 6.69. The van der Waals surface area contributed by atoms with Gasteiger partial charge >= 0.3 is 5.97 Å². The second-order valence-electron chi connectivity index (χ2n) is 8.83. The molecule has 6 heteroatoms. The first kappa shape index (κ1) is 23.8. The highest BCUT2D eigenvalue weighted by Gasteiger charge is 2.34. The average Bonchev–Trinajstić information content (AvgIpc) is 2.95. The van der Waals surface area contributed by atoms with Gasteiger partial charge in [0.25, 0.3) is 0 Å². The van der Waals surface area contributed by atoms with E-state index < -0.39 is 17.7 Å². The molecule has 1 unspecified atom stereocenters. The first-order valence-electron chi connectivity index (χ1n) is 10.4. The van der Waals surface area contributed by atoms with E-state index in [-0.39, 0.29) is 0 Å². The van der Waals surface area contributed by atoms with Gasteiger partial charge in [0.2, 0.25) is 0 Å². The number of aryl methyl sites for hydroxylation is 2. The van der Waals surface area contributed by atoms with Gasteiger partial charge in [0.15, 0.2) is 6.10 Å². The van der Waals surface area contributed by atoms with Gasteiger partial charge in [-0.05, 0) is 64.8 Å².